The van der Waals surface area contributed by atoms with Crippen molar-refractivity contribution in [2.45, 2.75) is 33.9 Å². The Labute approximate surface area is 165 Å². The van der Waals surface area contributed by atoms with Crippen molar-refractivity contribution in [2.24, 2.45) is 0 Å². The summed E-state index contributed by atoms with van der Waals surface area (Å²) in [5.41, 5.74) is 3.44. The van der Waals surface area contributed by atoms with Crippen molar-refractivity contribution in [3.05, 3.63) is 71.3 Å². The highest BCUT2D eigenvalue weighted by molar-refractivity contribution is 5.99. The second-order valence-corrected chi connectivity index (χ2v) is 6.81. The molecule has 0 saturated carbocycles. The number of nitrogens with zero attached hydrogens (tertiary/aromatic N) is 2. The molecule has 0 aliphatic carbocycles. The first-order valence-corrected chi connectivity index (χ1v) is 9.40. The number of likely N-dealkylation sites (N-methyl/N-ethyl adjacent to an activating group) is 1. The van der Waals surface area contributed by atoms with Crippen LogP contribution >= 0.6 is 0 Å². The third-order valence-electron chi connectivity index (χ3n) is 4.77. The molecule has 150 valence electrons. The van der Waals surface area contributed by atoms with Gasteiger partial charge in [0.25, 0.3) is 0 Å². The van der Waals surface area contributed by atoms with Gasteiger partial charge in [-0.3, -0.25) is 14.5 Å². The van der Waals surface area contributed by atoms with E-state index in [1.165, 1.54) is 12.1 Å². The molecule has 1 aromatic heterocycles. The Balaban J connectivity index is 1.93. The van der Waals surface area contributed by atoms with Gasteiger partial charge in [0.05, 0.1) is 13.1 Å². The van der Waals surface area contributed by atoms with Gasteiger partial charge in [-0.15, -0.1) is 6.58 Å². The first-order chi connectivity index (χ1) is 13.3. The number of allylic oxidation sites excluding steroid dienone is 1. The molecule has 0 atom stereocenters. The smallest absolute Gasteiger partial charge is 0.234 e. The molecule has 0 aliphatic heterocycles. The summed E-state index contributed by atoms with van der Waals surface area (Å²) >= 11 is 0. The summed E-state index contributed by atoms with van der Waals surface area (Å²) in [5, 5.41) is 2.81. The lowest BCUT2D eigenvalue weighted by molar-refractivity contribution is -0.122. The largest absolute Gasteiger partial charge is 0.351 e. The van der Waals surface area contributed by atoms with E-state index in [4.69, 9.17) is 0 Å². The topological polar surface area (TPSA) is 54.3 Å². The lowest BCUT2D eigenvalue weighted by Gasteiger charge is -2.19. The van der Waals surface area contributed by atoms with Crippen LogP contribution < -0.4 is 5.32 Å². The first-order valence-electron chi connectivity index (χ1n) is 9.40. The molecule has 0 aliphatic rings. The maximum absolute atomic E-state index is 12.9. The van der Waals surface area contributed by atoms with Crippen LogP contribution in [0.5, 0.6) is 0 Å². The third kappa shape index (κ3) is 5.63. The van der Waals surface area contributed by atoms with Crippen LogP contribution in [0.3, 0.4) is 0 Å². The number of hydrogen-bond donors (Lipinski definition) is 1. The molecule has 6 heteroatoms. The average Bonchev–Trinajstić information content (AvgIpc) is 2.95. The number of hydrogen-bond acceptors (Lipinski definition) is 3. The molecular formula is C22H28FN3O2. The van der Waals surface area contributed by atoms with Gasteiger partial charge in [-0.1, -0.05) is 25.1 Å². The molecule has 1 N–H and O–H groups in total. The molecule has 1 aromatic carbocycles. The van der Waals surface area contributed by atoms with Gasteiger partial charge in [-0.25, -0.2) is 4.39 Å². The average molecular weight is 385 g/mol. The van der Waals surface area contributed by atoms with Crippen LogP contribution in [-0.2, 0) is 17.9 Å². The molecule has 2 aromatic rings. The number of halogens is 1. The molecule has 1 heterocycles. The first kappa shape index (κ1) is 21.6. The van der Waals surface area contributed by atoms with E-state index < -0.39 is 0 Å². The predicted octanol–water partition coefficient (Wildman–Crippen LogP) is 3.25. The van der Waals surface area contributed by atoms with E-state index in [2.05, 4.69) is 11.9 Å². The second kappa shape index (κ2) is 9.99. The quantitative estimate of drug-likeness (QED) is 0.505. The summed E-state index contributed by atoms with van der Waals surface area (Å²) in [6.07, 6.45) is 1.80. The van der Waals surface area contributed by atoms with Crippen LogP contribution in [0.1, 0.15) is 34.2 Å². The van der Waals surface area contributed by atoms with Crippen LogP contribution in [0.2, 0.25) is 0 Å². The maximum Gasteiger partial charge on any atom is 0.234 e. The van der Waals surface area contributed by atoms with E-state index in [0.717, 1.165) is 17.0 Å². The summed E-state index contributed by atoms with van der Waals surface area (Å²) in [6, 6.07) is 7.89. The number of aromatic nitrogens is 1. The van der Waals surface area contributed by atoms with Gasteiger partial charge in [-0.2, -0.15) is 0 Å². The van der Waals surface area contributed by atoms with Gasteiger partial charge >= 0.3 is 0 Å². The third-order valence-corrected chi connectivity index (χ3v) is 4.77. The molecule has 2 rings (SSSR count). The number of aryl methyl sites for hydroxylation is 1. The number of rotatable bonds is 10. The number of Topliss-reactive ketones (excluding diaryl/α,β-unsaturated/α-hetero) is 1. The zero-order valence-corrected chi connectivity index (χ0v) is 16.8. The zero-order valence-electron chi connectivity index (χ0n) is 16.8. The monoisotopic (exact) mass is 385 g/mol. The highest BCUT2D eigenvalue weighted by Gasteiger charge is 2.19. The van der Waals surface area contributed by atoms with Crippen LogP contribution in [0.15, 0.2) is 43.0 Å². The van der Waals surface area contributed by atoms with E-state index in [-0.39, 0.29) is 30.6 Å². The second-order valence-electron chi connectivity index (χ2n) is 6.81. The normalized spacial score (nSPS) is 10.9. The van der Waals surface area contributed by atoms with Crippen LogP contribution in [0.4, 0.5) is 4.39 Å². The Kier molecular flexibility index (Phi) is 7.70. The molecule has 0 saturated heterocycles. The number of carbonyl (C=O) groups excluding carboxylic acids is 2. The zero-order chi connectivity index (χ0) is 20.7. The molecule has 28 heavy (non-hydrogen) atoms. The molecule has 5 nitrogen and oxygen atoms in total. The molecule has 0 radical (unpaired) electrons. The van der Waals surface area contributed by atoms with Gasteiger partial charge < -0.3 is 9.88 Å². The standard InChI is InChI=1S/C22H28FN3O2/c1-5-11-26-16(3)12-20(17(26)4)21(27)14-25(6-2)15-22(28)24-13-18-7-9-19(23)10-8-18/h5,7-10,12H,1,6,11,13-15H2,2-4H3,(H,24,28). The highest BCUT2D eigenvalue weighted by atomic mass is 19.1. The minimum Gasteiger partial charge on any atom is -0.351 e. The van der Waals surface area contributed by atoms with E-state index in [9.17, 15) is 14.0 Å². The fourth-order valence-corrected chi connectivity index (χ4v) is 3.12. The number of carbonyl (C=O) groups is 2. The Morgan fingerprint density at radius 1 is 1.21 bits per heavy atom. The maximum atomic E-state index is 12.9. The van der Waals surface area contributed by atoms with E-state index in [1.54, 1.807) is 18.2 Å². The Hall–Kier alpha value is -2.73. The van der Waals surface area contributed by atoms with Crippen molar-refractivity contribution >= 4 is 11.7 Å². The van der Waals surface area contributed by atoms with Crippen molar-refractivity contribution < 1.29 is 14.0 Å². The summed E-state index contributed by atoms with van der Waals surface area (Å²) in [7, 11) is 0. The summed E-state index contributed by atoms with van der Waals surface area (Å²) in [4.78, 5) is 26.8. The van der Waals surface area contributed by atoms with E-state index >= 15 is 0 Å². The predicted molar refractivity (Wildman–Crippen MR) is 109 cm³/mol. The Morgan fingerprint density at radius 2 is 1.89 bits per heavy atom. The molecule has 0 fully saturated rings. The van der Waals surface area contributed by atoms with Crippen LogP contribution in [0, 0.1) is 19.7 Å². The Morgan fingerprint density at radius 3 is 2.50 bits per heavy atom. The molecule has 1 amide bonds. The van der Waals surface area contributed by atoms with E-state index in [1.807, 2.05) is 36.3 Å². The van der Waals surface area contributed by atoms with Gasteiger partial charge in [0.15, 0.2) is 5.78 Å². The molecule has 0 unspecified atom stereocenters. The SMILES string of the molecule is C=CCn1c(C)cc(C(=O)CN(CC)CC(=O)NCc2ccc(F)cc2)c1C. The van der Waals surface area contributed by atoms with Gasteiger partial charge in [0.1, 0.15) is 5.82 Å². The minimum atomic E-state index is -0.307. The van der Waals surface area contributed by atoms with Gasteiger partial charge in [0.2, 0.25) is 5.91 Å². The number of amides is 1. The summed E-state index contributed by atoms with van der Waals surface area (Å²) < 4.78 is 15.0. The van der Waals surface area contributed by atoms with Gasteiger partial charge in [0, 0.05) is 30.0 Å². The van der Waals surface area contributed by atoms with Crippen molar-refractivity contribution in [3.63, 3.8) is 0 Å². The highest BCUT2D eigenvalue weighted by Crippen LogP contribution is 2.16. The fraction of sp³-hybridized carbons (Fsp3) is 0.364. The van der Waals surface area contributed by atoms with Crippen molar-refractivity contribution in [3.8, 4) is 0 Å². The minimum absolute atomic E-state index is 0.00315. The lowest BCUT2D eigenvalue weighted by Crippen LogP contribution is -2.39. The fourth-order valence-electron chi connectivity index (χ4n) is 3.12. The molecule has 0 bridgehead atoms. The number of ketones is 1. The molecule has 0 spiro atoms. The lowest BCUT2D eigenvalue weighted by atomic mass is 10.1. The van der Waals surface area contributed by atoms with Crippen LogP contribution in [-0.4, -0.2) is 40.8 Å². The van der Waals surface area contributed by atoms with Crippen molar-refractivity contribution in [1.29, 1.82) is 0 Å². The van der Waals surface area contributed by atoms with E-state index in [0.29, 0.717) is 25.2 Å². The summed E-state index contributed by atoms with van der Waals surface area (Å²) in [6.45, 7) is 11.4. The number of benzene rings is 1. The Bertz CT molecular complexity index is 840. The number of nitrogens with one attached hydrogen (secondary N) is 1. The van der Waals surface area contributed by atoms with Gasteiger partial charge in [-0.05, 0) is 44.2 Å². The summed E-state index contributed by atoms with van der Waals surface area (Å²) in [5.74, 6) is -0.481. The van der Waals surface area contributed by atoms with Crippen molar-refractivity contribution in [2.75, 3.05) is 19.6 Å². The van der Waals surface area contributed by atoms with Crippen LogP contribution in [0.25, 0.3) is 0 Å². The van der Waals surface area contributed by atoms with Crippen molar-refractivity contribution in [1.82, 2.24) is 14.8 Å². The molecular weight excluding hydrogens is 357 g/mol.